The average molecular weight is 501 g/mol. The van der Waals surface area contributed by atoms with E-state index in [1.165, 1.54) is 12.1 Å². The first-order valence-corrected chi connectivity index (χ1v) is 25.3. The van der Waals surface area contributed by atoms with Gasteiger partial charge in [-0.2, -0.15) is 0 Å². The lowest BCUT2D eigenvalue weighted by molar-refractivity contribution is 0.511. The van der Waals surface area contributed by atoms with Gasteiger partial charge in [-0.25, -0.2) is 8.78 Å². The minimum atomic E-state index is -1.98. The molecule has 0 aliphatic heterocycles. The fraction of sp³-hybridized carbons (Fsp3) is 0.462. The van der Waals surface area contributed by atoms with Crippen molar-refractivity contribution in [3.8, 4) is 22.9 Å². The molecule has 172 valence electrons. The van der Waals surface area contributed by atoms with Gasteiger partial charge in [0.05, 0.1) is 16.1 Å². The van der Waals surface area contributed by atoms with Crippen LogP contribution in [-0.4, -0.2) is 32.3 Å². The number of rotatable bonds is 2. The Balaban J connectivity index is 3.35. The predicted molar refractivity (Wildman–Crippen MR) is 150 cm³/mol. The van der Waals surface area contributed by atoms with E-state index in [1.54, 1.807) is 0 Å². The summed E-state index contributed by atoms with van der Waals surface area (Å²) in [6, 6.07) is 2.83. The molecule has 6 heteroatoms. The largest absolute Gasteiger partial charge is 0.204 e. The van der Waals surface area contributed by atoms with Crippen LogP contribution in [0.4, 0.5) is 8.78 Å². The van der Waals surface area contributed by atoms with E-state index in [9.17, 15) is 8.78 Å². The van der Waals surface area contributed by atoms with Crippen LogP contribution in [0.3, 0.4) is 0 Å². The zero-order valence-corrected chi connectivity index (χ0v) is 25.9. The zero-order valence-electron chi connectivity index (χ0n) is 21.9. The summed E-state index contributed by atoms with van der Waals surface area (Å²) < 4.78 is 29.1. The minimum absolute atomic E-state index is 0.788. The first-order chi connectivity index (χ1) is 14.2. The second kappa shape index (κ2) is 8.72. The summed E-state index contributed by atoms with van der Waals surface area (Å²) >= 11 is 0. The molecular weight excluding hydrogens is 463 g/mol. The number of fused-ring (bicyclic) bond motifs is 1. The smallest absolute Gasteiger partial charge is 0.159 e. The Labute approximate surface area is 198 Å². The maximum Gasteiger partial charge on any atom is 0.159 e. The molecule has 0 aliphatic rings. The van der Waals surface area contributed by atoms with Gasteiger partial charge < -0.3 is 0 Å². The molecule has 0 bridgehead atoms. The quantitative estimate of drug-likeness (QED) is 0.319. The molecule has 0 saturated heterocycles. The third-order valence-corrected chi connectivity index (χ3v) is 10.8. The Morgan fingerprint density at radius 2 is 0.812 bits per heavy atom. The molecule has 0 spiro atoms. The van der Waals surface area contributed by atoms with Crippen molar-refractivity contribution in [1.29, 1.82) is 0 Å². The highest BCUT2D eigenvalue weighted by Gasteiger charge is 2.32. The van der Waals surface area contributed by atoms with Crippen LogP contribution in [0.15, 0.2) is 12.1 Å². The fourth-order valence-electron chi connectivity index (χ4n) is 3.79. The van der Waals surface area contributed by atoms with Crippen molar-refractivity contribution in [2.75, 3.05) is 0 Å². The minimum Gasteiger partial charge on any atom is -0.204 e. The van der Waals surface area contributed by atoms with E-state index in [0.717, 1.165) is 32.3 Å². The topological polar surface area (TPSA) is 0 Å². The van der Waals surface area contributed by atoms with Gasteiger partial charge in [-0.1, -0.05) is 90.4 Å². The molecule has 32 heavy (non-hydrogen) atoms. The van der Waals surface area contributed by atoms with Crippen LogP contribution >= 0.6 is 0 Å². The van der Waals surface area contributed by atoms with Gasteiger partial charge in [0.15, 0.2) is 11.6 Å². The lowest BCUT2D eigenvalue weighted by Gasteiger charge is -2.29. The van der Waals surface area contributed by atoms with Gasteiger partial charge in [0.25, 0.3) is 0 Å². The lowest BCUT2D eigenvalue weighted by atomic mass is 10.0. The van der Waals surface area contributed by atoms with Gasteiger partial charge >= 0.3 is 0 Å². The van der Waals surface area contributed by atoms with Crippen LogP contribution in [0.1, 0.15) is 11.1 Å². The summed E-state index contributed by atoms with van der Waals surface area (Å²) in [5.74, 6) is 5.56. The van der Waals surface area contributed by atoms with E-state index in [1.807, 2.05) is 0 Å². The van der Waals surface area contributed by atoms with E-state index in [2.05, 4.69) is 101 Å². The molecule has 2 rings (SSSR count). The Hall–Kier alpha value is -1.45. The van der Waals surface area contributed by atoms with Gasteiger partial charge in [-0.05, 0) is 33.3 Å². The Morgan fingerprint density at radius 1 is 0.531 bits per heavy atom. The molecular formula is C26H38F2Si4. The third-order valence-electron chi connectivity index (χ3n) is 4.97. The maximum absolute atomic E-state index is 14.6. The summed E-state index contributed by atoms with van der Waals surface area (Å²) in [7, 11) is -7.30. The summed E-state index contributed by atoms with van der Waals surface area (Å²) in [5, 5.41) is 3.89. The van der Waals surface area contributed by atoms with E-state index >= 15 is 0 Å². The molecule has 0 aromatic heterocycles. The number of benzene rings is 2. The Kier molecular flexibility index (Phi) is 7.30. The number of halogens is 2. The van der Waals surface area contributed by atoms with Gasteiger partial charge in [0.1, 0.15) is 16.1 Å². The second-order valence-electron chi connectivity index (χ2n) is 12.8. The maximum atomic E-state index is 14.6. The molecule has 0 saturated carbocycles. The first-order valence-electron chi connectivity index (χ1n) is 11.3. The average Bonchev–Trinajstić information content (AvgIpc) is 2.54. The monoisotopic (exact) mass is 500 g/mol. The van der Waals surface area contributed by atoms with E-state index in [4.69, 9.17) is 0 Å². The van der Waals surface area contributed by atoms with Crippen molar-refractivity contribution in [2.45, 2.75) is 78.6 Å². The second-order valence-corrected chi connectivity index (χ2v) is 32.3. The van der Waals surface area contributed by atoms with Crippen LogP contribution < -0.4 is 10.4 Å². The molecule has 0 radical (unpaired) electrons. The van der Waals surface area contributed by atoms with Crippen molar-refractivity contribution >= 4 is 53.4 Å². The molecule has 0 unspecified atom stereocenters. The highest BCUT2D eigenvalue weighted by molar-refractivity contribution is 6.94. The van der Waals surface area contributed by atoms with E-state index in [-0.39, 0.29) is 0 Å². The molecule has 0 heterocycles. The van der Waals surface area contributed by atoms with Gasteiger partial charge in [0, 0.05) is 11.1 Å². The Bertz CT molecular complexity index is 1080. The summed E-state index contributed by atoms with van der Waals surface area (Å²) in [5.41, 5.74) is 9.08. The van der Waals surface area contributed by atoms with Crippen LogP contribution in [-0.2, 0) is 0 Å². The number of hydrogen-bond acceptors (Lipinski definition) is 0. The van der Waals surface area contributed by atoms with Gasteiger partial charge in [-0.3, -0.25) is 0 Å². The van der Waals surface area contributed by atoms with E-state index < -0.39 is 43.9 Å². The molecule has 0 amide bonds. The molecule has 0 N–H and O–H groups in total. The predicted octanol–water partition coefficient (Wildman–Crippen LogP) is 6.67. The van der Waals surface area contributed by atoms with Crippen molar-refractivity contribution in [2.24, 2.45) is 0 Å². The van der Waals surface area contributed by atoms with Gasteiger partial charge in [-0.15, -0.1) is 11.1 Å². The van der Waals surface area contributed by atoms with Crippen LogP contribution in [0.2, 0.25) is 78.6 Å². The molecule has 2 aromatic carbocycles. The van der Waals surface area contributed by atoms with Crippen molar-refractivity contribution in [3.05, 3.63) is 34.9 Å². The highest BCUT2D eigenvalue weighted by Crippen LogP contribution is 2.26. The molecule has 0 aliphatic carbocycles. The lowest BCUT2D eigenvalue weighted by Crippen LogP contribution is -2.47. The highest BCUT2D eigenvalue weighted by atomic mass is 28.3. The first kappa shape index (κ1) is 26.8. The van der Waals surface area contributed by atoms with Crippen LogP contribution in [0.5, 0.6) is 0 Å². The fourth-order valence-corrected chi connectivity index (χ4v) is 8.69. The molecule has 0 fully saturated rings. The summed E-state index contributed by atoms with van der Waals surface area (Å²) in [6.45, 7) is 26.9. The van der Waals surface area contributed by atoms with E-state index in [0.29, 0.717) is 0 Å². The van der Waals surface area contributed by atoms with Crippen LogP contribution in [0, 0.1) is 34.6 Å². The third kappa shape index (κ3) is 6.32. The SMILES string of the molecule is C[Si](C)(C)C#Cc1c(C#C[Si](C)(C)C)c([Si](C)(C)C)c2cc(F)c(F)cc2c1[Si](C)(C)C. The van der Waals surface area contributed by atoms with Crippen molar-refractivity contribution in [3.63, 3.8) is 0 Å². The summed E-state index contributed by atoms with van der Waals surface area (Å²) in [6.07, 6.45) is 0. The number of hydrogen-bond donors (Lipinski definition) is 0. The summed E-state index contributed by atoms with van der Waals surface area (Å²) in [4.78, 5) is 0. The Morgan fingerprint density at radius 3 is 1.03 bits per heavy atom. The standard InChI is InChI=1S/C26H38F2Si4/c1-29(2,3)15-13-19-20(14-16-30(4,5)6)26(32(10,11)12)22-18-24(28)23(27)17-21(22)25(19)31(7,8)9/h17-18H,1-12H3. The van der Waals surface area contributed by atoms with Gasteiger partial charge in [0.2, 0.25) is 0 Å². The zero-order chi connectivity index (χ0) is 24.9. The molecule has 2 aromatic rings. The molecule has 0 atom stereocenters. The van der Waals surface area contributed by atoms with Crippen molar-refractivity contribution in [1.82, 2.24) is 0 Å². The molecule has 0 nitrogen and oxygen atoms in total. The van der Waals surface area contributed by atoms with Crippen LogP contribution in [0.25, 0.3) is 10.8 Å². The van der Waals surface area contributed by atoms with Crippen molar-refractivity contribution < 1.29 is 8.78 Å². The normalized spacial score (nSPS) is 12.8.